The maximum absolute atomic E-state index is 12.8. The summed E-state index contributed by atoms with van der Waals surface area (Å²) in [6.45, 7) is 2.41. The van der Waals surface area contributed by atoms with Crippen molar-refractivity contribution in [1.29, 1.82) is 0 Å². The fourth-order valence-corrected chi connectivity index (χ4v) is 4.66. The molecule has 11 heteroatoms. The molecule has 0 spiro atoms. The molecular weight excluding hydrogens is 453 g/mol. The minimum absolute atomic E-state index is 0.0615. The van der Waals surface area contributed by atoms with Crippen LogP contribution in [0.3, 0.4) is 0 Å². The number of nitrogen functional groups attached to an aromatic ring is 1. The Bertz CT molecular complexity index is 1030. The predicted octanol–water partition coefficient (Wildman–Crippen LogP) is 3.04. The van der Waals surface area contributed by atoms with E-state index >= 15 is 0 Å². The third-order valence-corrected chi connectivity index (χ3v) is 6.43. The second kappa shape index (κ2) is 9.84. The first-order valence-corrected chi connectivity index (χ1v) is 11.4. The van der Waals surface area contributed by atoms with Crippen LogP contribution in [0.25, 0.3) is 0 Å². The van der Waals surface area contributed by atoms with E-state index in [0.29, 0.717) is 30.9 Å². The van der Waals surface area contributed by atoms with E-state index < -0.39 is 12.0 Å². The quantitative estimate of drug-likeness (QED) is 0.435. The van der Waals surface area contributed by atoms with Gasteiger partial charge >= 0.3 is 6.18 Å². The van der Waals surface area contributed by atoms with Crippen LogP contribution in [-0.4, -0.2) is 62.5 Å². The molecule has 0 bridgehead atoms. The van der Waals surface area contributed by atoms with E-state index in [1.54, 1.807) is 4.90 Å². The van der Waals surface area contributed by atoms with Crippen molar-refractivity contribution in [2.45, 2.75) is 17.4 Å². The Hall–Kier alpha value is -3.05. The van der Waals surface area contributed by atoms with Gasteiger partial charge in [-0.1, -0.05) is 72.4 Å². The van der Waals surface area contributed by atoms with Crippen molar-refractivity contribution < 1.29 is 18.0 Å². The van der Waals surface area contributed by atoms with E-state index in [1.807, 2.05) is 36.4 Å². The van der Waals surface area contributed by atoms with Crippen LogP contribution >= 0.6 is 11.8 Å². The normalized spacial score (nSPS) is 15.2. The number of piperazine rings is 1. The molecule has 0 aliphatic carbocycles. The Balaban J connectivity index is 1.38. The first-order chi connectivity index (χ1) is 15.8. The summed E-state index contributed by atoms with van der Waals surface area (Å²) in [5.74, 6) is 3.91. The zero-order chi connectivity index (χ0) is 23.4. The summed E-state index contributed by atoms with van der Waals surface area (Å²) in [6.07, 6.45) is -4.70. The topological polar surface area (TPSA) is 80.3 Å². The van der Waals surface area contributed by atoms with Gasteiger partial charge in [-0.2, -0.15) is 13.2 Å². The van der Waals surface area contributed by atoms with Gasteiger partial charge in [-0.3, -0.25) is 9.69 Å². The van der Waals surface area contributed by atoms with Gasteiger partial charge in [-0.25, -0.2) is 4.68 Å². The third kappa shape index (κ3) is 5.31. The lowest BCUT2D eigenvalue weighted by Gasteiger charge is -2.39. The molecule has 1 aliphatic rings. The molecule has 0 atom stereocenters. The lowest BCUT2D eigenvalue weighted by Crippen LogP contribution is -2.50. The number of aromatic nitrogens is 3. The monoisotopic (exact) mass is 476 g/mol. The van der Waals surface area contributed by atoms with Gasteiger partial charge in [-0.05, 0) is 11.1 Å². The third-order valence-electron chi connectivity index (χ3n) is 5.51. The largest absolute Gasteiger partial charge is 0.453 e. The molecule has 3 aromatic rings. The van der Waals surface area contributed by atoms with Crippen molar-refractivity contribution in [2.24, 2.45) is 0 Å². The standard InChI is InChI=1S/C22H23F3N6OS/c23-22(24,25)20-27-28-21(31(20)26)33-15-18(32)29-11-13-30(14-12-29)19(16-7-3-1-4-8-16)17-9-5-2-6-10-17/h1-10,19H,11-15,26H2. The fourth-order valence-electron chi connectivity index (χ4n) is 3.90. The maximum atomic E-state index is 12.8. The minimum atomic E-state index is -4.70. The Morgan fingerprint density at radius 2 is 1.48 bits per heavy atom. The van der Waals surface area contributed by atoms with Gasteiger partial charge in [0.1, 0.15) is 0 Å². The Morgan fingerprint density at radius 1 is 0.939 bits per heavy atom. The number of benzene rings is 2. The smallest absolute Gasteiger partial charge is 0.339 e. The summed E-state index contributed by atoms with van der Waals surface area (Å²) in [5.41, 5.74) is 2.36. The number of nitrogens with zero attached hydrogens (tertiary/aromatic N) is 5. The highest BCUT2D eigenvalue weighted by Gasteiger charge is 2.38. The van der Waals surface area contributed by atoms with E-state index in [2.05, 4.69) is 39.4 Å². The van der Waals surface area contributed by atoms with Crippen LogP contribution in [0.4, 0.5) is 13.2 Å². The molecule has 2 heterocycles. The van der Waals surface area contributed by atoms with Crippen LogP contribution in [0.2, 0.25) is 0 Å². The molecule has 1 saturated heterocycles. The molecule has 33 heavy (non-hydrogen) atoms. The Labute approximate surface area is 193 Å². The summed E-state index contributed by atoms with van der Waals surface area (Å²) in [4.78, 5) is 16.7. The van der Waals surface area contributed by atoms with Gasteiger partial charge < -0.3 is 10.7 Å². The number of amides is 1. The molecule has 0 saturated carbocycles. The van der Waals surface area contributed by atoms with Gasteiger partial charge in [0.15, 0.2) is 0 Å². The van der Waals surface area contributed by atoms with Crippen molar-refractivity contribution in [3.63, 3.8) is 0 Å². The van der Waals surface area contributed by atoms with Crippen molar-refractivity contribution in [1.82, 2.24) is 24.7 Å². The van der Waals surface area contributed by atoms with E-state index in [4.69, 9.17) is 5.84 Å². The lowest BCUT2D eigenvalue weighted by molar-refractivity contribution is -0.146. The molecule has 1 aromatic heterocycles. The summed E-state index contributed by atoms with van der Waals surface area (Å²) < 4.78 is 38.8. The van der Waals surface area contributed by atoms with E-state index in [0.717, 1.165) is 11.8 Å². The summed E-state index contributed by atoms with van der Waals surface area (Å²) >= 11 is 0.846. The first kappa shape index (κ1) is 23.1. The molecule has 2 aromatic carbocycles. The zero-order valence-corrected chi connectivity index (χ0v) is 18.5. The highest BCUT2D eigenvalue weighted by molar-refractivity contribution is 7.99. The fraction of sp³-hybridized carbons (Fsp3) is 0.318. The Kier molecular flexibility index (Phi) is 6.89. The van der Waals surface area contributed by atoms with Crippen LogP contribution in [0.15, 0.2) is 65.8 Å². The molecule has 1 aliphatic heterocycles. The van der Waals surface area contributed by atoms with Gasteiger partial charge in [0, 0.05) is 26.2 Å². The molecule has 7 nitrogen and oxygen atoms in total. The van der Waals surface area contributed by atoms with Gasteiger partial charge in [0.2, 0.25) is 11.1 Å². The van der Waals surface area contributed by atoms with Crippen LogP contribution in [0.5, 0.6) is 0 Å². The molecule has 4 rings (SSSR count). The second-order valence-electron chi connectivity index (χ2n) is 7.60. The molecule has 0 unspecified atom stereocenters. The van der Waals surface area contributed by atoms with Crippen molar-refractivity contribution in [3.8, 4) is 0 Å². The summed E-state index contributed by atoms with van der Waals surface area (Å²) in [5, 5.41) is 6.38. The zero-order valence-electron chi connectivity index (χ0n) is 17.7. The highest BCUT2D eigenvalue weighted by atomic mass is 32.2. The molecule has 0 radical (unpaired) electrons. The number of carbonyl (C=O) groups excluding carboxylic acids is 1. The van der Waals surface area contributed by atoms with E-state index in [-0.39, 0.29) is 22.9 Å². The predicted molar refractivity (Wildman–Crippen MR) is 119 cm³/mol. The SMILES string of the molecule is Nn1c(SCC(=O)N2CCN(C(c3ccccc3)c3ccccc3)CC2)nnc1C(F)(F)F. The number of rotatable bonds is 6. The first-order valence-electron chi connectivity index (χ1n) is 10.4. The molecule has 1 amide bonds. The van der Waals surface area contributed by atoms with Crippen LogP contribution in [-0.2, 0) is 11.0 Å². The minimum Gasteiger partial charge on any atom is -0.339 e. The summed E-state index contributed by atoms with van der Waals surface area (Å²) in [6, 6.07) is 20.5. The number of hydrogen-bond acceptors (Lipinski definition) is 6. The van der Waals surface area contributed by atoms with E-state index in [1.165, 1.54) is 11.1 Å². The number of halogens is 3. The number of alkyl halides is 3. The van der Waals surface area contributed by atoms with Crippen molar-refractivity contribution in [2.75, 3.05) is 37.8 Å². The van der Waals surface area contributed by atoms with Gasteiger partial charge in [0.25, 0.3) is 5.82 Å². The molecule has 2 N–H and O–H groups in total. The highest BCUT2D eigenvalue weighted by Crippen LogP contribution is 2.30. The van der Waals surface area contributed by atoms with Crippen molar-refractivity contribution >= 4 is 17.7 Å². The van der Waals surface area contributed by atoms with E-state index in [9.17, 15) is 18.0 Å². The number of nitrogens with two attached hydrogens (primary N) is 1. The second-order valence-corrected chi connectivity index (χ2v) is 8.55. The van der Waals surface area contributed by atoms with Gasteiger partial charge in [-0.15, -0.1) is 10.2 Å². The molecular formula is C22H23F3N6OS. The molecule has 1 fully saturated rings. The molecule has 174 valence electrons. The van der Waals surface area contributed by atoms with Gasteiger partial charge in [0.05, 0.1) is 11.8 Å². The Morgan fingerprint density at radius 3 is 1.97 bits per heavy atom. The maximum Gasteiger partial charge on any atom is 0.453 e. The van der Waals surface area contributed by atoms with Crippen LogP contribution in [0, 0.1) is 0 Å². The summed E-state index contributed by atoms with van der Waals surface area (Å²) in [7, 11) is 0. The van der Waals surface area contributed by atoms with Crippen LogP contribution < -0.4 is 5.84 Å². The number of carbonyl (C=O) groups is 1. The van der Waals surface area contributed by atoms with Crippen molar-refractivity contribution in [3.05, 3.63) is 77.6 Å². The average Bonchev–Trinajstić information content (AvgIpc) is 3.20. The van der Waals surface area contributed by atoms with Crippen LogP contribution in [0.1, 0.15) is 23.0 Å². The number of hydrogen-bond donors (Lipinski definition) is 1. The average molecular weight is 477 g/mol. The number of thioether (sulfide) groups is 1. The lowest BCUT2D eigenvalue weighted by atomic mass is 9.96.